The second kappa shape index (κ2) is 4.94. The van der Waals surface area contributed by atoms with E-state index in [1.807, 2.05) is 19.1 Å². The lowest BCUT2D eigenvalue weighted by atomic mass is 10.2. The van der Waals surface area contributed by atoms with Gasteiger partial charge in [-0.25, -0.2) is 4.98 Å². The van der Waals surface area contributed by atoms with Crippen molar-refractivity contribution < 1.29 is 4.74 Å². The third kappa shape index (κ3) is 2.36. The molecule has 0 aliphatic heterocycles. The lowest BCUT2D eigenvalue weighted by molar-refractivity contribution is 0.462. The Morgan fingerprint density at radius 3 is 2.89 bits per heavy atom. The molecule has 1 aromatic carbocycles. The Hall–Kier alpha value is -2.25. The van der Waals surface area contributed by atoms with Crippen LogP contribution in [-0.2, 0) is 0 Å². The van der Waals surface area contributed by atoms with Crippen LogP contribution in [0.4, 0.5) is 5.69 Å². The van der Waals surface area contributed by atoms with Gasteiger partial charge in [0, 0.05) is 11.2 Å². The van der Waals surface area contributed by atoms with E-state index in [9.17, 15) is 0 Å². The van der Waals surface area contributed by atoms with Crippen molar-refractivity contribution in [2.24, 2.45) is 0 Å². The fraction of sp³-hybridized carbons (Fsp3) is 0.0769. The summed E-state index contributed by atoms with van der Waals surface area (Å²) < 4.78 is 5.59. The number of pyridine rings is 1. The van der Waals surface area contributed by atoms with Crippen molar-refractivity contribution in [1.29, 1.82) is 5.26 Å². The number of rotatable bonds is 2. The number of nitrogen functional groups attached to an aromatic ring is 1. The van der Waals surface area contributed by atoms with Gasteiger partial charge in [0.25, 0.3) is 0 Å². The largest absolute Gasteiger partial charge is 0.437 e. The maximum atomic E-state index is 8.87. The highest BCUT2D eigenvalue weighted by Crippen LogP contribution is 2.30. The van der Waals surface area contributed by atoms with Gasteiger partial charge in [0.1, 0.15) is 17.5 Å². The molecule has 2 N–H and O–H groups in total. The number of aromatic nitrogens is 1. The molecule has 0 bridgehead atoms. The second-order valence-electron chi connectivity index (χ2n) is 3.70. The number of hydrogen-bond donors (Lipinski definition) is 1. The molecule has 4 nitrogen and oxygen atoms in total. The molecule has 0 atom stereocenters. The first-order valence-electron chi connectivity index (χ1n) is 5.20. The van der Waals surface area contributed by atoms with Crippen molar-refractivity contribution >= 4 is 17.3 Å². The van der Waals surface area contributed by atoms with Crippen LogP contribution in [0, 0.1) is 18.3 Å². The number of nitrogens with two attached hydrogens (primary N) is 1. The summed E-state index contributed by atoms with van der Waals surface area (Å²) in [6.07, 6.45) is 1.48. The van der Waals surface area contributed by atoms with Crippen molar-refractivity contribution in [2.45, 2.75) is 6.92 Å². The molecule has 1 heterocycles. The fourth-order valence-electron chi connectivity index (χ4n) is 1.42. The molecule has 90 valence electrons. The molecule has 5 heteroatoms. The van der Waals surface area contributed by atoms with Gasteiger partial charge in [-0.2, -0.15) is 5.26 Å². The van der Waals surface area contributed by atoms with Crippen molar-refractivity contribution in [2.75, 3.05) is 5.73 Å². The van der Waals surface area contributed by atoms with Crippen LogP contribution in [0.2, 0.25) is 5.02 Å². The van der Waals surface area contributed by atoms with E-state index in [0.29, 0.717) is 16.3 Å². The van der Waals surface area contributed by atoms with Gasteiger partial charge in [-0.1, -0.05) is 17.7 Å². The van der Waals surface area contributed by atoms with Crippen molar-refractivity contribution in [3.05, 3.63) is 46.6 Å². The zero-order valence-corrected chi connectivity index (χ0v) is 10.4. The van der Waals surface area contributed by atoms with Crippen LogP contribution in [0.1, 0.15) is 11.1 Å². The van der Waals surface area contributed by atoms with Crippen molar-refractivity contribution in [3.8, 4) is 17.7 Å². The minimum atomic E-state index is 0.208. The Morgan fingerprint density at radius 1 is 1.39 bits per heavy atom. The van der Waals surface area contributed by atoms with Gasteiger partial charge < -0.3 is 10.5 Å². The van der Waals surface area contributed by atoms with E-state index in [2.05, 4.69) is 4.98 Å². The van der Waals surface area contributed by atoms with Crippen LogP contribution in [0.25, 0.3) is 0 Å². The van der Waals surface area contributed by atoms with Crippen molar-refractivity contribution in [1.82, 2.24) is 4.98 Å². The maximum absolute atomic E-state index is 8.87. The van der Waals surface area contributed by atoms with Crippen LogP contribution in [-0.4, -0.2) is 4.98 Å². The molecule has 0 unspecified atom stereocenters. The maximum Gasteiger partial charge on any atom is 0.244 e. The molecule has 0 saturated heterocycles. The second-order valence-corrected chi connectivity index (χ2v) is 4.14. The van der Waals surface area contributed by atoms with Gasteiger partial charge in [-0.05, 0) is 30.7 Å². The standard InChI is InChI=1S/C13H10ClN3O/c1-8-2-3-10(14)6-11(8)18-13-12(16)9(7-15)4-5-17-13/h2-6H,16H2,1H3. The van der Waals surface area contributed by atoms with E-state index in [1.54, 1.807) is 12.1 Å². The lowest BCUT2D eigenvalue weighted by Gasteiger charge is -2.10. The van der Waals surface area contributed by atoms with E-state index in [4.69, 9.17) is 27.3 Å². The minimum absolute atomic E-state index is 0.208. The summed E-state index contributed by atoms with van der Waals surface area (Å²) >= 11 is 5.90. The molecule has 0 spiro atoms. The number of nitriles is 1. The SMILES string of the molecule is Cc1ccc(Cl)cc1Oc1nccc(C#N)c1N. The molecule has 0 aliphatic rings. The third-order valence-electron chi connectivity index (χ3n) is 2.43. The summed E-state index contributed by atoms with van der Waals surface area (Å²) in [5.41, 5.74) is 7.25. The number of anilines is 1. The van der Waals surface area contributed by atoms with Crippen LogP contribution >= 0.6 is 11.6 Å². The molecule has 0 saturated carbocycles. The molecule has 0 aliphatic carbocycles. The molecule has 2 aromatic rings. The molecule has 18 heavy (non-hydrogen) atoms. The number of aryl methyl sites for hydroxylation is 1. The van der Waals surface area contributed by atoms with Crippen molar-refractivity contribution in [3.63, 3.8) is 0 Å². The highest BCUT2D eigenvalue weighted by Gasteiger charge is 2.10. The van der Waals surface area contributed by atoms with E-state index in [-0.39, 0.29) is 11.6 Å². The van der Waals surface area contributed by atoms with Crippen LogP contribution in [0.5, 0.6) is 11.6 Å². The fourth-order valence-corrected chi connectivity index (χ4v) is 1.58. The van der Waals surface area contributed by atoms with Crippen LogP contribution in [0.15, 0.2) is 30.5 Å². The number of nitrogens with zero attached hydrogens (tertiary/aromatic N) is 2. The third-order valence-corrected chi connectivity index (χ3v) is 2.67. The highest BCUT2D eigenvalue weighted by atomic mass is 35.5. The summed E-state index contributed by atoms with van der Waals surface area (Å²) in [6.45, 7) is 1.88. The molecule has 0 amide bonds. The zero-order chi connectivity index (χ0) is 13.1. The van der Waals surface area contributed by atoms with E-state index in [1.165, 1.54) is 12.3 Å². The number of benzene rings is 1. The van der Waals surface area contributed by atoms with Gasteiger partial charge in [0.15, 0.2) is 0 Å². The molecule has 0 fully saturated rings. The van der Waals surface area contributed by atoms with E-state index in [0.717, 1.165) is 5.56 Å². The zero-order valence-electron chi connectivity index (χ0n) is 9.64. The molecular formula is C13H10ClN3O. The quantitative estimate of drug-likeness (QED) is 0.898. The lowest BCUT2D eigenvalue weighted by Crippen LogP contribution is -1.98. The molecular weight excluding hydrogens is 250 g/mol. The van der Waals surface area contributed by atoms with Gasteiger partial charge in [0.2, 0.25) is 5.88 Å². The van der Waals surface area contributed by atoms with Gasteiger partial charge in [-0.15, -0.1) is 0 Å². The Morgan fingerprint density at radius 2 is 2.17 bits per heavy atom. The van der Waals surface area contributed by atoms with E-state index >= 15 is 0 Å². The summed E-state index contributed by atoms with van der Waals surface area (Å²) in [5, 5.41) is 9.43. The Balaban J connectivity index is 2.41. The van der Waals surface area contributed by atoms with Crippen LogP contribution in [0.3, 0.4) is 0 Å². The highest BCUT2D eigenvalue weighted by molar-refractivity contribution is 6.30. The monoisotopic (exact) mass is 259 g/mol. The Kier molecular flexibility index (Phi) is 3.35. The average molecular weight is 260 g/mol. The molecule has 1 aromatic heterocycles. The topological polar surface area (TPSA) is 71.9 Å². The number of hydrogen-bond acceptors (Lipinski definition) is 4. The minimum Gasteiger partial charge on any atom is -0.437 e. The van der Waals surface area contributed by atoms with E-state index < -0.39 is 0 Å². The van der Waals surface area contributed by atoms with Gasteiger partial charge >= 0.3 is 0 Å². The number of ether oxygens (including phenoxy) is 1. The smallest absolute Gasteiger partial charge is 0.244 e. The first-order valence-corrected chi connectivity index (χ1v) is 5.58. The predicted molar refractivity (Wildman–Crippen MR) is 69.6 cm³/mol. The van der Waals surface area contributed by atoms with Gasteiger partial charge in [0.05, 0.1) is 5.56 Å². The number of halogens is 1. The predicted octanol–water partition coefficient (Wildman–Crippen LogP) is 3.29. The van der Waals surface area contributed by atoms with Crippen LogP contribution < -0.4 is 10.5 Å². The summed E-state index contributed by atoms with van der Waals surface area (Å²) in [6, 6.07) is 8.79. The Labute approximate surface area is 110 Å². The summed E-state index contributed by atoms with van der Waals surface area (Å²) in [5.74, 6) is 0.774. The molecule has 2 rings (SSSR count). The average Bonchev–Trinajstić information content (AvgIpc) is 2.36. The first kappa shape index (κ1) is 12.2. The molecule has 0 radical (unpaired) electrons. The Bertz CT molecular complexity index is 635. The van der Waals surface area contributed by atoms with Gasteiger partial charge in [-0.3, -0.25) is 0 Å². The first-order chi connectivity index (χ1) is 8.61. The summed E-state index contributed by atoms with van der Waals surface area (Å²) in [4.78, 5) is 4.01. The summed E-state index contributed by atoms with van der Waals surface area (Å²) in [7, 11) is 0. The normalized spacial score (nSPS) is 9.83.